The number of likely N-dealkylation sites (tertiary alicyclic amines) is 1. The second kappa shape index (κ2) is 8.49. The zero-order valence-corrected chi connectivity index (χ0v) is 17.7. The quantitative estimate of drug-likeness (QED) is 0.478. The van der Waals surface area contributed by atoms with E-state index in [1.54, 1.807) is 24.8 Å². The van der Waals surface area contributed by atoms with E-state index < -0.39 is 30.8 Å². The Balaban J connectivity index is 1.69. The van der Waals surface area contributed by atoms with Crippen LogP contribution in [0, 0.1) is 18.3 Å². The Hall–Kier alpha value is -2.62. The van der Waals surface area contributed by atoms with Crippen LogP contribution in [0.25, 0.3) is 0 Å². The van der Waals surface area contributed by atoms with Gasteiger partial charge in [0.2, 0.25) is 17.7 Å². The average Bonchev–Trinajstić information content (AvgIpc) is 3.43. The summed E-state index contributed by atoms with van der Waals surface area (Å²) in [6.07, 6.45) is -0.575. The van der Waals surface area contributed by atoms with Crippen LogP contribution >= 0.6 is 0 Å². The SMILES string of the molecule is CCC(=O)NC(N)C1CN(C(C)c2cnc(OCCC(F)(F)F)c(C)c2)C(=O)C12C=C2. The van der Waals surface area contributed by atoms with Crippen molar-refractivity contribution in [1.82, 2.24) is 15.2 Å². The van der Waals surface area contributed by atoms with E-state index in [4.69, 9.17) is 10.5 Å². The minimum absolute atomic E-state index is 0.0886. The van der Waals surface area contributed by atoms with Gasteiger partial charge in [0.05, 0.1) is 30.7 Å². The zero-order chi connectivity index (χ0) is 23.0. The third kappa shape index (κ3) is 4.84. The van der Waals surface area contributed by atoms with E-state index in [9.17, 15) is 22.8 Å². The van der Waals surface area contributed by atoms with Crippen LogP contribution in [-0.2, 0) is 9.59 Å². The van der Waals surface area contributed by atoms with Crippen molar-refractivity contribution in [3.05, 3.63) is 35.5 Å². The molecular weight excluding hydrogens is 413 g/mol. The van der Waals surface area contributed by atoms with Gasteiger partial charge < -0.3 is 20.7 Å². The molecule has 1 saturated heterocycles. The van der Waals surface area contributed by atoms with E-state index in [0.29, 0.717) is 18.5 Å². The second-order valence-electron chi connectivity index (χ2n) is 8.06. The summed E-state index contributed by atoms with van der Waals surface area (Å²) in [4.78, 5) is 30.7. The highest BCUT2D eigenvalue weighted by Crippen LogP contribution is 2.51. The Bertz CT molecular complexity index is 881. The van der Waals surface area contributed by atoms with Crippen molar-refractivity contribution in [3.8, 4) is 5.88 Å². The molecule has 7 nitrogen and oxygen atoms in total. The molecule has 2 aliphatic rings. The van der Waals surface area contributed by atoms with Gasteiger partial charge in [0.1, 0.15) is 0 Å². The number of hydrogen-bond donors (Lipinski definition) is 2. The molecule has 1 aromatic heterocycles. The Morgan fingerprint density at radius 2 is 2.13 bits per heavy atom. The van der Waals surface area contributed by atoms with E-state index in [1.807, 2.05) is 19.1 Å². The molecule has 2 heterocycles. The van der Waals surface area contributed by atoms with Gasteiger partial charge in [-0.2, -0.15) is 13.2 Å². The normalized spacial score (nSPS) is 21.3. The molecule has 2 amide bonds. The Labute approximate surface area is 178 Å². The van der Waals surface area contributed by atoms with Crippen molar-refractivity contribution < 1.29 is 27.5 Å². The van der Waals surface area contributed by atoms with E-state index in [2.05, 4.69) is 10.3 Å². The summed E-state index contributed by atoms with van der Waals surface area (Å²) in [5.74, 6) is -0.412. The van der Waals surface area contributed by atoms with Crippen LogP contribution in [0.2, 0.25) is 0 Å². The number of carbonyl (C=O) groups is 2. The lowest BCUT2D eigenvalue weighted by atomic mass is 9.87. The number of pyridine rings is 1. The molecule has 0 saturated carbocycles. The van der Waals surface area contributed by atoms with E-state index in [-0.39, 0.29) is 29.7 Å². The third-order valence-corrected chi connectivity index (χ3v) is 5.87. The van der Waals surface area contributed by atoms with Gasteiger partial charge in [-0.1, -0.05) is 19.1 Å². The van der Waals surface area contributed by atoms with E-state index in [1.165, 1.54) is 6.20 Å². The fourth-order valence-corrected chi connectivity index (χ4v) is 3.87. The van der Waals surface area contributed by atoms with Crippen molar-refractivity contribution in [1.29, 1.82) is 0 Å². The van der Waals surface area contributed by atoms with Crippen molar-refractivity contribution >= 4 is 11.8 Å². The standard InChI is InChI=1S/C21H27F3N4O3/c1-4-16(29)27-17(25)15-11-28(19(30)20(15)5-6-20)13(3)14-9-12(2)18(26-10-14)31-8-7-21(22,23)24/h5-6,9-10,13,15,17H,4,7-8,11,25H2,1-3H3,(H,27,29). The lowest BCUT2D eigenvalue weighted by molar-refractivity contribution is -0.139. The minimum Gasteiger partial charge on any atom is -0.477 e. The number of nitrogens with two attached hydrogens (primary N) is 1. The van der Waals surface area contributed by atoms with Crippen molar-refractivity contribution in [2.24, 2.45) is 17.1 Å². The Morgan fingerprint density at radius 3 is 2.68 bits per heavy atom. The van der Waals surface area contributed by atoms with Crippen LogP contribution < -0.4 is 15.8 Å². The lowest BCUT2D eigenvalue weighted by Crippen LogP contribution is -2.50. The molecule has 1 spiro atoms. The number of ether oxygens (including phenoxy) is 1. The van der Waals surface area contributed by atoms with Crippen molar-refractivity contribution in [2.45, 2.75) is 52.0 Å². The number of rotatable bonds is 8. The van der Waals surface area contributed by atoms with Gasteiger partial charge in [-0.05, 0) is 25.5 Å². The summed E-state index contributed by atoms with van der Waals surface area (Å²) in [6.45, 7) is 5.14. The van der Waals surface area contributed by atoms with Gasteiger partial charge in [-0.3, -0.25) is 9.59 Å². The highest BCUT2D eigenvalue weighted by molar-refractivity contribution is 5.94. The van der Waals surface area contributed by atoms with Crippen LogP contribution in [0.4, 0.5) is 13.2 Å². The number of amides is 2. The molecule has 3 atom stereocenters. The lowest BCUT2D eigenvalue weighted by Gasteiger charge is -2.26. The first-order valence-electron chi connectivity index (χ1n) is 10.2. The molecule has 3 N–H and O–H groups in total. The van der Waals surface area contributed by atoms with Gasteiger partial charge >= 0.3 is 6.18 Å². The summed E-state index contributed by atoms with van der Waals surface area (Å²) >= 11 is 0. The van der Waals surface area contributed by atoms with Crippen LogP contribution in [0.5, 0.6) is 5.88 Å². The van der Waals surface area contributed by atoms with Crippen molar-refractivity contribution in [2.75, 3.05) is 13.2 Å². The Morgan fingerprint density at radius 1 is 1.45 bits per heavy atom. The zero-order valence-electron chi connectivity index (χ0n) is 17.7. The molecule has 0 bridgehead atoms. The molecule has 170 valence electrons. The molecule has 3 rings (SSSR count). The molecule has 1 fully saturated rings. The van der Waals surface area contributed by atoms with Crippen LogP contribution in [0.15, 0.2) is 24.4 Å². The number of carbonyl (C=O) groups excluding carboxylic acids is 2. The Kier molecular flexibility index (Phi) is 6.31. The summed E-state index contributed by atoms with van der Waals surface area (Å²) in [6, 6.07) is 1.42. The highest BCUT2D eigenvalue weighted by Gasteiger charge is 2.59. The van der Waals surface area contributed by atoms with Crippen molar-refractivity contribution in [3.63, 3.8) is 0 Å². The summed E-state index contributed by atoms with van der Waals surface area (Å²) in [5.41, 5.74) is 6.75. The van der Waals surface area contributed by atoms with Gasteiger partial charge in [-0.15, -0.1) is 0 Å². The first-order chi connectivity index (χ1) is 14.5. The molecule has 1 aliphatic carbocycles. The number of aromatic nitrogens is 1. The summed E-state index contributed by atoms with van der Waals surface area (Å²) in [5, 5.41) is 2.74. The summed E-state index contributed by atoms with van der Waals surface area (Å²) in [7, 11) is 0. The minimum atomic E-state index is -4.29. The van der Waals surface area contributed by atoms with Gasteiger partial charge in [0, 0.05) is 30.6 Å². The highest BCUT2D eigenvalue weighted by atomic mass is 19.4. The fraction of sp³-hybridized carbons (Fsp3) is 0.571. The molecule has 0 radical (unpaired) electrons. The predicted octanol–water partition coefficient (Wildman–Crippen LogP) is 2.61. The molecule has 10 heteroatoms. The number of nitrogens with zero attached hydrogens (tertiary/aromatic N) is 2. The largest absolute Gasteiger partial charge is 0.477 e. The predicted molar refractivity (Wildman–Crippen MR) is 107 cm³/mol. The maximum atomic E-state index is 13.1. The number of halogens is 3. The first-order valence-corrected chi connectivity index (χ1v) is 10.2. The molecule has 1 aliphatic heterocycles. The maximum absolute atomic E-state index is 13.1. The smallest absolute Gasteiger partial charge is 0.392 e. The monoisotopic (exact) mass is 440 g/mol. The topological polar surface area (TPSA) is 97.6 Å². The molecular formula is C21H27F3N4O3. The fourth-order valence-electron chi connectivity index (χ4n) is 3.87. The van der Waals surface area contributed by atoms with E-state index in [0.717, 1.165) is 5.56 Å². The second-order valence-corrected chi connectivity index (χ2v) is 8.06. The van der Waals surface area contributed by atoms with E-state index >= 15 is 0 Å². The number of aryl methyl sites for hydroxylation is 1. The molecule has 1 aromatic rings. The number of nitrogens with one attached hydrogen (secondary N) is 1. The van der Waals surface area contributed by atoms with Crippen LogP contribution in [0.3, 0.4) is 0 Å². The van der Waals surface area contributed by atoms with Crippen LogP contribution in [0.1, 0.15) is 43.9 Å². The first kappa shape index (κ1) is 23.1. The third-order valence-electron chi connectivity index (χ3n) is 5.87. The van der Waals surface area contributed by atoms with Gasteiger partial charge in [0.25, 0.3) is 0 Å². The summed E-state index contributed by atoms with van der Waals surface area (Å²) < 4.78 is 42.1. The number of alkyl halides is 3. The van der Waals surface area contributed by atoms with Gasteiger partial charge in [0.15, 0.2) is 0 Å². The van der Waals surface area contributed by atoms with Gasteiger partial charge in [-0.25, -0.2) is 4.98 Å². The van der Waals surface area contributed by atoms with Crippen LogP contribution in [-0.4, -0.2) is 47.2 Å². The number of hydrogen-bond acceptors (Lipinski definition) is 5. The molecule has 31 heavy (non-hydrogen) atoms. The maximum Gasteiger partial charge on any atom is 0.392 e. The average molecular weight is 440 g/mol. The molecule has 3 unspecified atom stereocenters. The molecule has 0 aromatic carbocycles.